The number of anilines is 1. The maximum atomic E-state index is 2.39. The second-order valence-electron chi connectivity index (χ2n) is 7.09. The predicted octanol–water partition coefficient (Wildman–Crippen LogP) is 2.18. The molecule has 0 saturated heterocycles. The van der Waals surface area contributed by atoms with E-state index >= 15 is 0 Å². The van der Waals surface area contributed by atoms with Crippen LogP contribution in [0, 0.1) is 13.8 Å². The summed E-state index contributed by atoms with van der Waals surface area (Å²) in [5.74, 6) is 0. The van der Waals surface area contributed by atoms with Crippen LogP contribution in [0.15, 0.2) is 60.3 Å². The molecule has 4 rings (SSSR count). The first-order valence-electron chi connectivity index (χ1n) is 9.24. The Labute approximate surface area is 178 Å². The third-order valence-electron chi connectivity index (χ3n) is 5.20. The van der Waals surface area contributed by atoms with Gasteiger partial charge in [-0.1, -0.05) is 24.3 Å². The maximum Gasteiger partial charge on any atom is 0.212 e. The van der Waals surface area contributed by atoms with Gasteiger partial charge in [0, 0.05) is 41.5 Å². The number of pyridine rings is 1. The van der Waals surface area contributed by atoms with E-state index in [0.717, 1.165) is 6.54 Å². The van der Waals surface area contributed by atoms with Gasteiger partial charge in [0.05, 0.1) is 0 Å². The second-order valence-corrected chi connectivity index (χ2v) is 7.09. The monoisotopic (exact) mass is 468 g/mol. The standard InChI is InChI=1S/C24H25N2.HI/c1-5-26-22(13-11-20-9-7-18(3)15-24(20)26)16-21-12-10-19-8-6-17(2)14-23(19)25(21)4;/h6-16H,5H2,1-4H3;1H/q+1;/p-1. The summed E-state index contributed by atoms with van der Waals surface area (Å²) >= 11 is 0. The first kappa shape index (κ1) is 19.6. The van der Waals surface area contributed by atoms with Gasteiger partial charge in [-0.05, 0) is 61.7 Å². The third kappa shape index (κ3) is 3.65. The van der Waals surface area contributed by atoms with E-state index in [-0.39, 0.29) is 24.0 Å². The SMILES string of the molecule is CCN1C(=Cc2ccc3ccc(C)cc3[n+]2C)C=Cc2ccc(C)cc21.[I-]. The Morgan fingerprint density at radius 2 is 1.63 bits per heavy atom. The first-order valence-corrected chi connectivity index (χ1v) is 9.24. The number of benzene rings is 2. The van der Waals surface area contributed by atoms with Gasteiger partial charge in [-0.3, -0.25) is 0 Å². The normalized spacial score (nSPS) is 14.4. The minimum absolute atomic E-state index is 0. The van der Waals surface area contributed by atoms with E-state index in [9.17, 15) is 0 Å². The van der Waals surface area contributed by atoms with Gasteiger partial charge >= 0.3 is 0 Å². The van der Waals surface area contributed by atoms with Crippen LogP contribution < -0.4 is 33.4 Å². The Bertz CT molecular complexity index is 1060. The van der Waals surface area contributed by atoms with Crippen LogP contribution in [0.3, 0.4) is 0 Å². The smallest absolute Gasteiger partial charge is 0.212 e. The average Bonchev–Trinajstić information content (AvgIpc) is 2.64. The van der Waals surface area contributed by atoms with Crippen molar-refractivity contribution in [1.82, 2.24) is 0 Å². The summed E-state index contributed by atoms with van der Waals surface area (Å²) in [4.78, 5) is 2.39. The molecule has 1 aromatic heterocycles. The summed E-state index contributed by atoms with van der Waals surface area (Å²) in [6, 6.07) is 17.7. The van der Waals surface area contributed by atoms with Crippen molar-refractivity contribution in [3.05, 3.63) is 82.7 Å². The lowest BCUT2D eigenvalue weighted by molar-refractivity contribution is -0.646. The number of hydrogen-bond acceptors (Lipinski definition) is 1. The highest BCUT2D eigenvalue weighted by Gasteiger charge is 2.18. The predicted molar refractivity (Wildman–Crippen MR) is 111 cm³/mol. The van der Waals surface area contributed by atoms with Gasteiger partial charge in [0.2, 0.25) is 11.2 Å². The molecule has 2 aromatic carbocycles. The minimum Gasteiger partial charge on any atom is -1.00 e. The van der Waals surface area contributed by atoms with Crippen molar-refractivity contribution < 1.29 is 28.5 Å². The molecule has 1 aliphatic heterocycles. The molecule has 0 saturated carbocycles. The van der Waals surface area contributed by atoms with Crippen molar-refractivity contribution in [2.75, 3.05) is 11.4 Å². The fraction of sp³-hybridized carbons (Fsp3) is 0.208. The first-order chi connectivity index (χ1) is 12.6. The van der Waals surface area contributed by atoms with Gasteiger partial charge in [-0.15, -0.1) is 0 Å². The van der Waals surface area contributed by atoms with E-state index in [1.807, 2.05) is 0 Å². The summed E-state index contributed by atoms with van der Waals surface area (Å²) in [5.41, 5.74) is 8.86. The van der Waals surface area contributed by atoms with E-state index in [1.165, 1.54) is 44.7 Å². The fourth-order valence-electron chi connectivity index (χ4n) is 3.72. The van der Waals surface area contributed by atoms with Crippen molar-refractivity contribution in [1.29, 1.82) is 0 Å². The molecule has 0 amide bonds. The van der Waals surface area contributed by atoms with Crippen LogP contribution in [0.5, 0.6) is 0 Å². The van der Waals surface area contributed by atoms with Crippen LogP contribution in [0.25, 0.3) is 23.1 Å². The van der Waals surface area contributed by atoms with Crippen molar-refractivity contribution >= 4 is 28.7 Å². The molecule has 2 nitrogen and oxygen atoms in total. The van der Waals surface area contributed by atoms with E-state index < -0.39 is 0 Å². The van der Waals surface area contributed by atoms with Crippen molar-refractivity contribution in [2.24, 2.45) is 7.05 Å². The van der Waals surface area contributed by atoms with Crippen molar-refractivity contribution in [3.63, 3.8) is 0 Å². The molecule has 0 unspecified atom stereocenters. The highest BCUT2D eigenvalue weighted by atomic mass is 127. The summed E-state index contributed by atoms with van der Waals surface area (Å²) < 4.78 is 2.28. The van der Waals surface area contributed by atoms with Crippen LogP contribution >= 0.6 is 0 Å². The summed E-state index contributed by atoms with van der Waals surface area (Å²) in [7, 11) is 2.15. The van der Waals surface area contributed by atoms with Gasteiger partial charge < -0.3 is 28.9 Å². The lowest BCUT2D eigenvalue weighted by atomic mass is 10.0. The quantitative estimate of drug-likeness (QED) is 0.413. The van der Waals surface area contributed by atoms with E-state index in [1.54, 1.807) is 0 Å². The summed E-state index contributed by atoms with van der Waals surface area (Å²) in [6.45, 7) is 7.46. The van der Waals surface area contributed by atoms with Gasteiger partial charge in [0.15, 0.2) is 0 Å². The zero-order chi connectivity index (χ0) is 18.3. The Morgan fingerprint density at radius 1 is 0.926 bits per heavy atom. The Balaban J connectivity index is 0.00000210. The van der Waals surface area contributed by atoms with E-state index in [4.69, 9.17) is 0 Å². The molecular weight excluding hydrogens is 443 g/mol. The molecule has 27 heavy (non-hydrogen) atoms. The number of aryl methyl sites for hydroxylation is 3. The van der Waals surface area contributed by atoms with Gasteiger partial charge in [0.25, 0.3) is 0 Å². The summed E-state index contributed by atoms with van der Waals surface area (Å²) in [6.07, 6.45) is 6.73. The number of rotatable bonds is 2. The van der Waals surface area contributed by atoms with Gasteiger partial charge in [-0.2, -0.15) is 4.57 Å². The Hall–Kier alpha value is -2.14. The summed E-state index contributed by atoms with van der Waals surface area (Å²) in [5, 5.41) is 1.27. The Morgan fingerprint density at radius 3 is 2.41 bits per heavy atom. The highest BCUT2D eigenvalue weighted by Crippen LogP contribution is 2.32. The van der Waals surface area contributed by atoms with E-state index in [2.05, 4.69) is 104 Å². The lowest BCUT2D eigenvalue weighted by Gasteiger charge is -2.29. The van der Waals surface area contributed by atoms with Gasteiger partial charge in [-0.25, -0.2) is 0 Å². The number of fused-ring (bicyclic) bond motifs is 2. The van der Waals surface area contributed by atoms with Gasteiger partial charge in [0.1, 0.15) is 7.05 Å². The topological polar surface area (TPSA) is 7.12 Å². The molecule has 0 aliphatic carbocycles. The number of likely N-dealkylation sites (N-methyl/N-ethyl adjacent to an activating group) is 1. The minimum atomic E-state index is 0. The molecule has 0 spiro atoms. The Kier molecular flexibility index (Phi) is 5.70. The zero-order valence-corrected chi connectivity index (χ0v) is 18.5. The second kappa shape index (κ2) is 7.85. The number of hydrogen-bond donors (Lipinski definition) is 0. The molecule has 0 fully saturated rings. The molecule has 138 valence electrons. The largest absolute Gasteiger partial charge is 1.00 e. The number of aromatic nitrogens is 1. The molecule has 0 bridgehead atoms. The van der Waals surface area contributed by atoms with Crippen molar-refractivity contribution in [3.8, 4) is 0 Å². The van der Waals surface area contributed by atoms with Crippen LogP contribution in [-0.2, 0) is 7.05 Å². The van der Waals surface area contributed by atoms with Crippen LogP contribution in [-0.4, -0.2) is 6.54 Å². The number of halogens is 1. The number of nitrogens with zero attached hydrogens (tertiary/aromatic N) is 2. The molecule has 2 heterocycles. The maximum absolute atomic E-state index is 2.39. The third-order valence-corrected chi connectivity index (χ3v) is 5.20. The van der Waals surface area contributed by atoms with Crippen LogP contribution in [0.2, 0.25) is 0 Å². The van der Waals surface area contributed by atoms with Crippen LogP contribution in [0.1, 0.15) is 29.3 Å². The molecule has 0 N–H and O–H groups in total. The zero-order valence-electron chi connectivity index (χ0n) is 16.3. The molecular formula is C24H25IN2. The van der Waals surface area contributed by atoms with Crippen LogP contribution in [0.4, 0.5) is 5.69 Å². The molecule has 0 radical (unpaired) electrons. The molecule has 0 atom stereocenters. The van der Waals surface area contributed by atoms with Crippen molar-refractivity contribution in [2.45, 2.75) is 20.8 Å². The molecule has 3 heteroatoms. The fourth-order valence-corrected chi connectivity index (χ4v) is 3.72. The molecule has 3 aromatic rings. The highest BCUT2D eigenvalue weighted by molar-refractivity contribution is 5.81. The average molecular weight is 468 g/mol. The number of allylic oxidation sites excluding steroid dienone is 1. The molecule has 1 aliphatic rings. The lowest BCUT2D eigenvalue weighted by Crippen LogP contribution is -3.00. The van der Waals surface area contributed by atoms with E-state index in [0.29, 0.717) is 0 Å².